The third-order valence-electron chi connectivity index (χ3n) is 3.64. The third kappa shape index (κ3) is 6.19. The molecule has 0 aliphatic rings. The Morgan fingerprint density at radius 1 is 1.10 bits per heavy atom. The van der Waals surface area contributed by atoms with Gasteiger partial charge in [-0.05, 0) is 50.5 Å². The summed E-state index contributed by atoms with van der Waals surface area (Å²) in [4.78, 5) is 6.61. The van der Waals surface area contributed by atoms with Gasteiger partial charge in [0.05, 0.1) is 18.6 Å². The average Bonchev–Trinajstić information content (AvgIpc) is 2.48. The summed E-state index contributed by atoms with van der Waals surface area (Å²) in [6, 6.07) is 4.21. The number of benzene rings is 1. The van der Waals surface area contributed by atoms with Gasteiger partial charge in [-0.3, -0.25) is 0 Å². The Bertz CT molecular complexity index is 455. The van der Waals surface area contributed by atoms with Crippen molar-refractivity contribution in [1.29, 1.82) is 0 Å². The molecule has 1 aromatic rings. The van der Waals surface area contributed by atoms with Crippen molar-refractivity contribution in [2.75, 3.05) is 20.2 Å². The molecule has 118 valence electrons. The number of aliphatic imine (C=N–C) groups is 1. The summed E-state index contributed by atoms with van der Waals surface area (Å²) in [5, 5.41) is 0. The predicted molar refractivity (Wildman–Crippen MR) is 92.0 cm³/mol. The second kappa shape index (κ2) is 9.43. The van der Waals surface area contributed by atoms with Crippen LogP contribution in [-0.4, -0.2) is 31.4 Å². The Balaban J connectivity index is 2.64. The minimum atomic E-state index is 0.807. The Kier molecular flexibility index (Phi) is 7.88. The molecular formula is C18H30N2O. The van der Waals surface area contributed by atoms with E-state index in [0.717, 1.165) is 42.1 Å². The molecule has 0 N–H and O–H groups in total. The number of rotatable bonds is 9. The zero-order chi connectivity index (χ0) is 15.7. The maximum absolute atomic E-state index is 5.90. The summed E-state index contributed by atoms with van der Waals surface area (Å²) in [7, 11) is 2.03. The highest BCUT2D eigenvalue weighted by molar-refractivity contribution is 5.64. The van der Waals surface area contributed by atoms with Crippen LogP contribution in [0.15, 0.2) is 17.1 Å². The van der Waals surface area contributed by atoms with E-state index >= 15 is 0 Å². The maximum atomic E-state index is 5.90. The first kappa shape index (κ1) is 17.5. The molecule has 0 fully saturated rings. The van der Waals surface area contributed by atoms with Gasteiger partial charge in [0.15, 0.2) is 0 Å². The molecule has 0 unspecified atom stereocenters. The first-order chi connectivity index (χ1) is 10.1. The van der Waals surface area contributed by atoms with Crippen LogP contribution in [-0.2, 0) is 0 Å². The minimum Gasteiger partial charge on any atom is -0.493 e. The van der Waals surface area contributed by atoms with Gasteiger partial charge in [-0.1, -0.05) is 26.2 Å². The van der Waals surface area contributed by atoms with Crippen molar-refractivity contribution in [3.63, 3.8) is 0 Å². The van der Waals surface area contributed by atoms with Gasteiger partial charge in [0.25, 0.3) is 0 Å². The molecule has 0 spiro atoms. The van der Waals surface area contributed by atoms with Crippen molar-refractivity contribution in [2.24, 2.45) is 4.99 Å². The van der Waals surface area contributed by atoms with E-state index in [0.29, 0.717) is 0 Å². The molecule has 0 radical (unpaired) electrons. The summed E-state index contributed by atoms with van der Waals surface area (Å²) in [6.45, 7) is 10.3. The summed E-state index contributed by atoms with van der Waals surface area (Å²) in [5.74, 6) is 0.992. The van der Waals surface area contributed by atoms with Crippen molar-refractivity contribution in [3.05, 3.63) is 23.3 Å². The van der Waals surface area contributed by atoms with E-state index < -0.39 is 0 Å². The van der Waals surface area contributed by atoms with Crippen LogP contribution in [0.4, 0.5) is 5.69 Å². The van der Waals surface area contributed by atoms with Crippen LogP contribution in [0, 0.1) is 13.8 Å². The molecule has 0 heterocycles. The number of ether oxygens (including phenoxy) is 1. The summed E-state index contributed by atoms with van der Waals surface area (Å²) >= 11 is 0. The number of aryl methyl sites for hydroxylation is 2. The zero-order valence-electron chi connectivity index (χ0n) is 14.3. The molecule has 21 heavy (non-hydrogen) atoms. The molecule has 0 aliphatic heterocycles. The largest absolute Gasteiger partial charge is 0.493 e. The molecule has 1 rings (SSSR count). The lowest BCUT2D eigenvalue weighted by Gasteiger charge is -2.13. The van der Waals surface area contributed by atoms with Crippen LogP contribution >= 0.6 is 0 Å². The SMILES string of the molecule is CCCCCCOc1cc(C)c(N=CN(C)CC)cc1C. The van der Waals surface area contributed by atoms with Gasteiger partial charge in [0, 0.05) is 13.6 Å². The molecule has 0 amide bonds. The lowest BCUT2D eigenvalue weighted by molar-refractivity contribution is 0.303. The van der Waals surface area contributed by atoms with Crippen molar-refractivity contribution in [3.8, 4) is 5.75 Å². The van der Waals surface area contributed by atoms with E-state index in [-0.39, 0.29) is 0 Å². The predicted octanol–water partition coefficient (Wildman–Crippen LogP) is 4.87. The fourth-order valence-electron chi connectivity index (χ4n) is 2.02. The number of hydrogen-bond acceptors (Lipinski definition) is 2. The van der Waals surface area contributed by atoms with E-state index in [9.17, 15) is 0 Å². The summed E-state index contributed by atoms with van der Waals surface area (Å²) in [6.07, 6.45) is 6.82. The fourth-order valence-corrected chi connectivity index (χ4v) is 2.02. The van der Waals surface area contributed by atoms with Gasteiger partial charge >= 0.3 is 0 Å². The Hall–Kier alpha value is -1.51. The van der Waals surface area contributed by atoms with E-state index in [1.54, 1.807) is 0 Å². The van der Waals surface area contributed by atoms with Crippen molar-refractivity contribution in [2.45, 2.75) is 53.4 Å². The molecule has 0 bridgehead atoms. The topological polar surface area (TPSA) is 24.8 Å². The Morgan fingerprint density at radius 2 is 1.86 bits per heavy atom. The molecule has 0 aromatic heterocycles. The van der Waals surface area contributed by atoms with Crippen molar-refractivity contribution < 1.29 is 4.74 Å². The van der Waals surface area contributed by atoms with Crippen LogP contribution in [0.3, 0.4) is 0 Å². The van der Waals surface area contributed by atoms with Crippen molar-refractivity contribution >= 4 is 12.0 Å². The Morgan fingerprint density at radius 3 is 2.52 bits per heavy atom. The van der Waals surface area contributed by atoms with Gasteiger partial charge in [-0.25, -0.2) is 4.99 Å². The highest BCUT2D eigenvalue weighted by Gasteiger charge is 2.05. The van der Waals surface area contributed by atoms with E-state index in [1.807, 2.05) is 13.4 Å². The average molecular weight is 290 g/mol. The van der Waals surface area contributed by atoms with Crippen molar-refractivity contribution in [1.82, 2.24) is 4.90 Å². The maximum Gasteiger partial charge on any atom is 0.122 e. The van der Waals surface area contributed by atoms with Gasteiger partial charge < -0.3 is 9.64 Å². The number of unbranched alkanes of at least 4 members (excludes halogenated alkanes) is 3. The second-order valence-electron chi connectivity index (χ2n) is 5.63. The number of nitrogens with zero attached hydrogens (tertiary/aromatic N) is 2. The minimum absolute atomic E-state index is 0.807. The molecule has 1 aromatic carbocycles. The van der Waals surface area contributed by atoms with Gasteiger partial charge in [-0.15, -0.1) is 0 Å². The lowest BCUT2D eigenvalue weighted by Crippen LogP contribution is -2.14. The molecule has 0 saturated heterocycles. The quantitative estimate of drug-likeness (QED) is 0.368. The fraction of sp³-hybridized carbons (Fsp3) is 0.611. The van der Waals surface area contributed by atoms with Crippen LogP contribution in [0.25, 0.3) is 0 Å². The summed E-state index contributed by atoms with van der Waals surface area (Å²) in [5.41, 5.74) is 3.33. The molecule has 3 heteroatoms. The van der Waals surface area contributed by atoms with Gasteiger partial charge in [0.2, 0.25) is 0 Å². The molecule has 0 atom stereocenters. The van der Waals surface area contributed by atoms with Crippen LogP contribution in [0.2, 0.25) is 0 Å². The van der Waals surface area contributed by atoms with Crippen LogP contribution < -0.4 is 4.74 Å². The number of hydrogen-bond donors (Lipinski definition) is 0. The summed E-state index contributed by atoms with van der Waals surface area (Å²) < 4.78 is 5.90. The van der Waals surface area contributed by atoms with E-state index in [1.165, 1.54) is 19.3 Å². The lowest BCUT2D eigenvalue weighted by atomic mass is 10.1. The van der Waals surface area contributed by atoms with Gasteiger partial charge in [-0.2, -0.15) is 0 Å². The molecule has 0 saturated carbocycles. The van der Waals surface area contributed by atoms with E-state index in [4.69, 9.17) is 4.74 Å². The second-order valence-corrected chi connectivity index (χ2v) is 5.63. The van der Waals surface area contributed by atoms with Crippen LogP contribution in [0.5, 0.6) is 5.75 Å². The smallest absolute Gasteiger partial charge is 0.122 e. The third-order valence-corrected chi connectivity index (χ3v) is 3.64. The zero-order valence-corrected chi connectivity index (χ0v) is 14.3. The van der Waals surface area contributed by atoms with Gasteiger partial charge in [0.1, 0.15) is 5.75 Å². The molecule has 3 nitrogen and oxygen atoms in total. The van der Waals surface area contributed by atoms with E-state index in [2.05, 4.69) is 49.7 Å². The highest BCUT2D eigenvalue weighted by atomic mass is 16.5. The first-order valence-electron chi connectivity index (χ1n) is 8.07. The standard InChI is InChI=1S/C18H30N2O/c1-6-8-9-10-11-21-18-13-15(3)17(12-16(18)4)19-14-20(5)7-2/h12-14H,6-11H2,1-5H3. The normalized spacial score (nSPS) is 11.1. The molecular weight excluding hydrogens is 260 g/mol. The molecule has 0 aliphatic carbocycles. The monoisotopic (exact) mass is 290 g/mol. The first-order valence-corrected chi connectivity index (χ1v) is 8.07. The van der Waals surface area contributed by atoms with Crippen LogP contribution in [0.1, 0.15) is 50.7 Å². The highest BCUT2D eigenvalue weighted by Crippen LogP contribution is 2.28. The Labute approximate surface area is 130 Å².